The van der Waals surface area contributed by atoms with Gasteiger partial charge >= 0.3 is 0 Å². The van der Waals surface area contributed by atoms with Gasteiger partial charge < -0.3 is 9.64 Å². The molecule has 2 aromatic carbocycles. The summed E-state index contributed by atoms with van der Waals surface area (Å²) in [6.45, 7) is -0.0416. The highest BCUT2D eigenvalue weighted by atomic mass is 19.1. The summed E-state index contributed by atoms with van der Waals surface area (Å²) in [6, 6.07) is 12.5. The second-order valence-corrected chi connectivity index (χ2v) is 6.43. The Balaban J connectivity index is 1.66. The molecular weight excluding hydrogens is 369 g/mol. The lowest BCUT2D eigenvalue weighted by atomic mass is 10.1. The fourth-order valence-corrected chi connectivity index (χ4v) is 3.07. The van der Waals surface area contributed by atoms with Crippen molar-refractivity contribution in [1.82, 2.24) is 9.88 Å². The number of carbonyl (C=O) groups is 1. The minimum absolute atomic E-state index is 0.0643. The lowest BCUT2D eigenvalue weighted by molar-refractivity contribution is -0.133. The first-order valence-corrected chi connectivity index (χ1v) is 8.60. The lowest BCUT2D eigenvalue weighted by Gasteiger charge is -2.20. The van der Waals surface area contributed by atoms with E-state index in [1.807, 2.05) is 0 Å². The maximum absolute atomic E-state index is 14.0. The molecule has 4 rings (SSSR count). The largest absolute Gasteiger partial charge is 0.482 e. The molecule has 0 saturated heterocycles. The minimum atomic E-state index is -0.709. The molecule has 0 fully saturated rings. The van der Waals surface area contributed by atoms with Crippen LogP contribution in [0.2, 0.25) is 0 Å². The molecule has 7 heteroatoms. The van der Waals surface area contributed by atoms with Gasteiger partial charge in [0.15, 0.2) is 6.61 Å². The Kier molecular flexibility index (Phi) is 4.73. The van der Waals surface area contributed by atoms with Gasteiger partial charge in [-0.2, -0.15) is 0 Å². The van der Waals surface area contributed by atoms with E-state index in [0.29, 0.717) is 22.7 Å². The van der Waals surface area contributed by atoms with Gasteiger partial charge in [-0.05, 0) is 30.3 Å². The van der Waals surface area contributed by atoms with Gasteiger partial charge in [0.2, 0.25) is 0 Å². The van der Waals surface area contributed by atoms with Crippen LogP contribution in [-0.4, -0.2) is 22.4 Å². The van der Waals surface area contributed by atoms with Crippen LogP contribution in [0.4, 0.5) is 13.2 Å². The monoisotopic (exact) mass is 384 g/mol. The average molecular weight is 384 g/mol. The van der Waals surface area contributed by atoms with Crippen LogP contribution >= 0.6 is 0 Å². The Morgan fingerprint density at radius 2 is 1.75 bits per heavy atom. The van der Waals surface area contributed by atoms with Crippen molar-refractivity contribution in [3.05, 3.63) is 83.3 Å². The molecule has 0 spiro atoms. The SMILES string of the molecule is O=C1COc2ccc(-c3cc(F)cc(F)c3)nc2CN1Cc1ccccc1F. The van der Waals surface area contributed by atoms with Gasteiger partial charge in [0.05, 0.1) is 12.2 Å². The normalized spacial score (nSPS) is 13.7. The number of rotatable bonds is 3. The second-order valence-electron chi connectivity index (χ2n) is 6.43. The van der Waals surface area contributed by atoms with Crippen LogP contribution in [0.25, 0.3) is 11.3 Å². The van der Waals surface area contributed by atoms with Gasteiger partial charge in [-0.3, -0.25) is 4.79 Å². The molecule has 0 aliphatic carbocycles. The molecule has 142 valence electrons. The van der Waals surface area contributed by atoms with Crippen LogP contribution in [0, 0.1) is 17.5 Å². The molecule has 1 aromatic heterocycles. The number of pyridine rings is 1. The van der Waals surface area contributed by atoms with Gasteiger partial charge in [-0.25, -0.2) is 18.2 Å². The van der Waals surface area contributed by atoms with Crippen LogP contribution in [0.5, 0.6) is 5.75 Å². The lowest BCUT2D eigenvalue weighted by Crippen LogP contribution is -2.32. The van der Waals surface area contributed by atoms with E-state index < -0.39 is 17.5 Å². The van der Waals surface area contributed by atoms with Crippen molar-refractivity contribution in [2.75, 3.05) is 6.61 Å². The number of halogens is 3. The number of fused-ring (bicyclic) bond motifs is 1. The van der Waals surface area contributed by atoms with E-state index in [9.17, 15) is 18.0 Å². The molecule has 0 N–H and O–H groups in total. The standard InChI is InChI=1S/C21H15F3N2O2/c22-15-7-14(8-16(23)9-15)18-5-6-20-19(25-18)11-26(21(27)12-28-20)10-13-3-1-2-4-17(13)24/h1-9H,10-12H2. The number of amides is 1. The fourth-order valence-electron chi connectivity index (χ4n) is 3.07. The Labute approximate surface area is 159 Å². The number of carbonyl (C=O) groups excluding carboxylic acids is 1. The highest BCUT2D eigenvalue weighted by molar-refractivity contribution is 5.78. The van der Waals surface area contributed by atoms with E-state index in [2.05, 4.69) is 4.98 Å². The van der Waals surface area contributed by atoms with Crippen LogP contribution in [-0.2, 0) is 17.9 Å². The molecule has 0 saturated carbocycles. The van der Waals surface area contributed by atoms with Gasteiger partial charge in [-0.1, -0.05) is 18.2 Å². The van der Waals surface area contributed by atoms with Crippen molar-refractivity contribution in [2.24, 2.45) is 0 Å². The highest BCUT2D eigenvalue weighted by Crippen LogP contribution is 2.28. The van der Waals surface area contributed by atoms with Crippen molar-refractivity contribution in [3.8, 4) is 17.0 Å². The maximum atomic E-state index is 14.0. The molecule has 1 aliphatic rings. The van der Waals surface area contributed by atoms with Crippen LogP contribution < -0.4 is 4.74 Å². The number of hydrogen-bond donors (Lipinski definition) is 0. The van der Waals surface area contributed by atoms with Gasteiger partial charge in [0.1, 0.15) is 28.9 Å². The van der Waals surface area contributed by atoms with Gasteiger partial charge in [0.25, 0.3) is 5.91 Å². The van der Waals surface area contributed by atoms with E-state index in [4.69, 9.17) is 4.74 Å². The van der Waals surface area contributed by atoms with Crippen LogP contribution in [0.15, 0.2) is 54.6 Å². The Hall–Kier alpha value is -3.35. The first-order valence-electron chi connectivity index (χ1n) is 8.60. The zero-order chi connectivity index (χ0) is 19.7. The summed E-state index contributed by atoms with van der Waals surface area (Å²) in [6.07, 6.45) is 0. The first-order chi connectivity index (χ1) is 13.5. The van der Waals surface area contributed by atoms with E-state index in [1.165, 1.54) is 23.1 Å². The van der Waals surface area contributed by atoms with Gasteiger partial charge in [-0.15, -0.1) is 0 Å². The van der Waals surface area contributed by atoms with E-state index in [-0.39, 0.29) is 31.2 Å². The number of nitrogens with zero attached hydrogens (tertiary/aromatic N) is 2. The minimum Gasteiger partial charge on any atom is -0.482 e. The molecule has 28 heavy (non-hydrogen) atoms. The molecule has 2 heterocycles. The summed E-state index contributed by atoms with van der Waals surface area (Å²) < 4.78 is 46.5. The fraction of sp³-hybridized carbons (Fsp3) is 0.143. The zero-order valence-electron chi connectivity index (χ0n) is 14.7. The Bertz CT molecular complexity index is 1040. The van der Waals surface area contributed by atoms with E-state index >= 15 is 0 Å². The quantitative estimate of drug-likeness (QED) is 0.683. The number of ether oxygens (including phenoxy) is 1. The average Bonchev–Trinajstić information content (AvgIpc) is 2.81. The molecular formula is C21H15F3N2O2. The predicted octanol–water partition coefficient (Wildman–Crippen LogP) is 4.09. The Morgan fingerprint density at radius 1 is 1.00 bits per heavy atom. The molecule has 1 aliphatic heterocycles. The molecule has 0 unspecified atom stereocenters. The van der Waals surface area contributed by atoms with Crippen LogP contribution in [0.1, 0.15) is 11.3 Å². The van der Waals surface area contributed by atoms with Crippen molar-refractivity contribution in [3.63, 3.8) is 0 Å². The summed E-state index contributed by atoms with van der Waals surface area (Å²) in [7, 11) is 0. The number of benzene rings is 2. The summed E-state index contributed by atoms with van der Waals surface area (Å²) in [4.78, 5) is 18.3. The third-order valence-corrected chi connectivity index (χ3v) is 4.45. The Morgan fingerprint density at radius 3 is 2.50 bits per heavy atom. The molecule has 3 aromatic rings. The third-order valence-electron chi connectivity index (χ3n) is 4.45. The zero-order valence-corrected chi connectivity index (χ0v) is 14.7. The van der Waals surface area contributed by atoms with Crippen molar-refractivity contribution < 1.29 is 22.7 Å². The highest BCUT2D eigenvalue weighted by Gasteiger charge is 2.24. The third kappa shape index (κ3) is 3.69. The summed E-state index contributed by atoms with van der Waals surface area (Å²) in [5.41, 5.74) is 1.43. The molecule has 0 atom stereocenters. The summed E-state index contributed by atoms with van der Waals surface area (Å²) in [5.74, 6) is -1.72. The maximum Gasteiger partial charge on any atom is 0.261 e. The van der Waals surface area contributed by atoms with E-state index in [0.717, 1.165) is 6.07 Å². The topological polar surface area (TPSA) is 42.4 Å². The smallest absolute Gasteiger partial charge is 0.261 e. The first kappa shape index (κ1) is 18.0. The number of aromatic nitrogens is 1. The summed E-state index contributed by atoms with van der Waals surface area (Å²) in [5, 5.41) is 0. The van der Waals surface area contributed by atoms with Crippen LogP contribution in [0.3, 0.4) is 0 Å². The summed E-state index contributed by atoms with van der Waals surface area (Å²) >= 11 is 0. The van der Waals surface area contributed by atoms with E-state index in [1.54, 1.807) is 30.3 Å². The van der Waals surface area contributed by atoms with Gasteiger partial charge in [0, 0.05) is 23.7 Å². The molecule has 0 bridgehead atoms. The van der Waals surface area contributed by atoms with Crippen molar-refractivity contribution in [2.45, 2.75) is 13.1 Å². The van der Waals surface area contributed by atoms with Crippen molar-refractivity contribution >= 4 is 5.91 Å². The predicted molar refractivity (Wildman–Crippen MR) is 95.7 cm³/mol. The second kappa shape index (κ2) is 7.34. The van der Waals surface area contributed by atoms with Crippen molar-refractivity contribution in [1.29, 1.82) is 0 Å². The molecule has 1 amide bonds. The molecule has 4 nitrogen and oxygen atoms in total. The molecule has 0 radical (unpaired) electrons. The number of hydrogen-bond acceptors (Lipinski definition) is 3.